The quantitative estimate of drug-likeness (QED) is 0.568. The molecule has 0 N–H and O–H groups in total. The van der Waals surface area contributed by atoms with Gasteiger partial charge < -0.3 is 0 Å². The standard InChI is InChI=1S/C11H20S2/c1-11-7-9(12)6-5-8(11)3-2-4-10(11)13/h8-10,12-13H,2-7H2,1H3. The zero-order chi connectivity index (χ0) is 9.47. The van der Waals surface area contributed by atoms with E-state index in [1.54, 1.807) is 0 Å². The van der Waals surface area contributed by atoms with Gasteiger partial charge in [-0.1, -0.05) is 13.3 Å². The molecule has 0 aromatic rings. The van der Waals surface area contributed by atoms with Gasteiger partial charge in [0.2, 0.25) is 0 Å². The second-order valence-electron chi connectivity index (χ2n) is 5.08. The van der Waals surface area contributed by atoms with Gasteiger partial charge >= 0.3 is 0 Å². The van der Waals surface area contributed by atoms with E-state index in [0.29, 0.717) is 15.9 Å². The Kier molecular flexibility index (Phi) is 2.90. The topological polar surface area (TPSA) is 0 Å². The Morgan fingerprint density at radius 1 is 1.08 bits per heavy atom. The maximum atomic E-state index is 4.78. The molecule has 2 aliphatic carbocycles. The van der Waals surface area contributed by atoms with Crippen LogP contribution >= 0.6 is 25.3 Å². The van der Waals surface area contributed by atoms with Crippen LogP contribution in [-0.4, -0.2) is 10.5 Å². The molecular formula is C11H20S2. The number of thiol groups is 2. The summed E-state index contributed by atoms with van der Waals surface area (Å²) in [7, 11) is 0. The Bertz CT molecular complexity index is 193. The van der Waals surface area contributed by atoms with E-state index < -0.39 is 0 Å². The summed E-state index contributed by atoms with van der Waals surface area (Å²) in [5, 5.41) is 1.26. The van der Waals surface area contributed by atoms with Gasteiger partial charge in [0, 0.05) is 10.5 Å². The fraction of sp³-hybridized carbons (Fsp3) is 1.00. The van der Waals surface area contributed by atoms with Gasteiger partial charge in [-0.25, -0.2) is 0 Å². The molecular weight excluding hydrogens is 196 g/mol. The van der Waals surface area contributed by atoms with Gasteiger partial charge in [-0.2, -0.15) is 25.3 Å². The first-order chi connectivity index (χ1) is 6.13. The normalized spacial score (nSPS) is 51.5. The molecule has 13 heavy (non-hydrogen) atoms. The van der Waals surface area contributed by atoms with Gasteiger partial charge in [-0.05, 0) is 43.4 Å². The highest BCUT2D eigenvalue weighted by Crippen LogP contribution is 2.52. The molecule has 0 aromatic carbocycles. The van der Waals surface area contributed by atoms with E-state index in [-0.39, 0.29) is 0 Å². The molecule has 2 saturated carbocycles. The Labute approximate surface area is 92.7 Å². The van der Waals surface area contributed by atoms with E-state index >= 15 is 0 Å². The van der Waals surface area contributed by atoms with Crippen LogP contribution in [0.1, 0.15) is 45.4 Å². The number of rotatable bonds is 0. The fourth-order valence-electron chi connectivity index (χ4n) is 3.27. The maximum absolute atomic E-state index is 4.78. The molecule has 0 radical (unpaired) electrons. The average Bonchev–Trinajstić information content (AvgIpc) is 2.07. The lowest BCUT2D eigenvalue weighted by molar-refractivity contribution is 0.0767. The number of hydrogen-bond donors (Lipinski definition) is 2. The van der Waals surface area contributed by atoms with Gasteiger partial charge in [-0.3, -0.25) is 0 Å². The van der Waals surface area contributed by atoms with Gasteiger partial charge in [0.05, 0.1) is 0 Å². The summed E-state index contributed by atoms with van der Waals surface area (Å²) >= 11 is 9.41. The summed E-state index contributed by atoms with van der Waals surface area (Å²) in [5.41, 5.74) is 0.492. The Balaban J connectivity index is 2.15. The van der Waals surface area contributed by atoms with E-state index in [0.717, 1.165) is 5.92 Å². The third-order valence-electron chi connectivity index (χ3n) is 4.25. The summed E-state index contributed by atoms with van der Waals surface area (Å²) in [4.78, 5) is 0. The molecule has 76 valence electrons. The van der Waals surface area contributed by atoms with Crippen LogP contribution in [0.25, 0.3) is 0 Å². The summed E-state index contributed by atoms with van der Waals surface area (Å²) in [5.74, 6) is 0.937. The minimum absolute atomic E-state index is 0.492. The van der Waals surface area contributed by atoms with Crippen molar-refractivity contribution in [1.29, 1.82) is 0 Å². The first-order valence-corrected chi connectivity index (χ1v) is 6.52. The summed E-state index contributed by atoms with van der Waals surface area (Å²) < 4.78 is 0. The van der Waals surface area contributed by atoms with Crippen LogP contribution in [0, 0.1) is 11.3 Å². The van der Waals surface area contributed by atoms with Crippen molar-refractivity contribution < 1.29 is 0 Å². The van der Waals surface area contributed by atoms with Gasteiger partial charge in [0.15, 0.2) is 0 Å². The highest BCUT2D eigenvalue weighted by molar-refractivity contribution is 7.81. The first kappa shape index (κ1) is 10.2. The van der Waals surface area contributed by atoms with Crippen LogP contribution in [0.15, 0.2) is 0 Å². The highest BCUT2D eigenvalue weighted by atomic mass is 32.1. The van der Waals surface area contributed by atoms with Gasteiger partial charge in [0.1, 0.15) is 0 Å². The number of hydrogen-bond acceptors (Lipinski definition) is 2. The maximum Gasteiger partial charge on any atom is 0.00736 e. The Hall–Kier alpha value is 0.700. The van der Waals surface area contributed by atoms with Crippen molar-refractivity contribution in [1.82, 2.24) is 0 Å². The number of fused-ring (bicyclic) bond motifs is 1. The molecule has 2 rings (SSSR count). The smallest absolute Gasteiger partial charge is 0.00736 e. The van der Waals surface area contributed by atoms with Crippen molar-refractivity contribution in [3.05, 3.63) is 0 Å². The molecule has 2 fully saturated rings. The van der Waals surface area contributed by atoms with E-state index in [9.17, 15) is 0 Å². The highest BCUT2D eigenvalue weighted by Gasteiger charge is 2.45. The molecule has 0 aromatic heterocycles. The zero-order valence-electron chi connectivity index (χ0n) is 8.37. The Morgan fingerprint density at radius 2 is 1.85 bits per heavy atom. The molecule has 0 nitrogen and oxygen atoms in total. The second-order valence-corrected chi connectivity index (χ2v) is 6.44. The van der Waals surface area contributed by atoms with Crippen LogP contribution in [0.2, 0.25) is 0 Å². The summed E-state index contributed by atoms with van der Waals surface area (Å²) in [6.07, 6.45) is 8.15. The minimum atomic E-state index is 0.492. The van der Waals surface area contributed by atoms with Crippen molar-refractivity contribution in [2.45, 2.75) is 55.9 Å². The van der Waals surface area contributed by atoms with Crippen LogP contribution in [0.4, 0.5) is 0 Å². The van der Waals surface area contributed by atoms with E-state index in [4.69, 9.17) is 12.6 Å². The molecule has 4 atom stereocenters. The molecule has 0 aliphatic heterocycles. The van der Waals surface area contributed by atoms with E-state index in [1.165, 1.54) is 38.5 Å². The third kappa shape index (κ3) is 1.77. The van der Waals surface area contributed by atoms with E-state index in [2.05, 4.69) is 19.6 Å². The predicted octanol–water partition coefficient (Wildman–Crippen LogP) is 3.57. The monoisotopic (exact) mass is 216 g/mol. The summed E-state index contributed by atoms with van der Waals surface area (Å²) in [6, 6.07) is 0. The first-order valence-electron chi connectivity index (χ1n) is 5.49. The molecule has 2 aliphatic rings. The molecule has 0 amide bonds. The van der Waals surface area contributed by atoms with E-state index in [1.807, 2.05) is 0 Å². The predicted molar refractivity (Wildman–Crippen MR) is 64.8 cm³/mol. The lowest BCUT2D eigenvalue weighted by Gasteiger charge is -2.50. The molecule has 0 spiro atoms. The lowest BCUT2D eigenvalue weighted by atomic mass is 9.60. The van der Waals surface area contributed by atoms with Crippen molar-refractivity contribution in [2.75, 3.05) is 0 Å². The summed E-state index contributed by atoms with van der Waals surface area (Å²) in [6.45, 7) is 2.44. The van der Waals surface area contributed by atoms with Crippen LogP contribution in [-0.2, 0) is 0 Å². The van der Waals surface area contributed by atoms with Gasteiger partial charge in [-0.15, -0.1) is 0 Å². The lowest BCUT2D eigenvalue weighted by Crippen LogP contribution is -2.44. The van der Waals surface area contributed by atoms with Gasteiger partial charge in [0.25, 0.3) is 0 Å². The van der Waals surface area contributed by atoms with Crippen molar-refractivity contribution in [2.24, 2.45) is 11.3 Å². The second kappa shape index (κ2) is 3.69. The molecule has 0 heterocycles. The fourth-order valence-corrected chi connectivity index (χ4v) is 4.31. The average molecular weight is 216 g/mol. The van der Waals surface area contributed by atoms with Crippen molar-refractivity contribution in [3.63, 3.8) is 0 Å². The molecule has 0 bridgehead atoms. The zero-order valence-corrected chi connectivity index (χ0v) is 10.2. The third-order valence-corrected chi connectivity index (χ3v) is 5.54. The van der Waals surface area contributed by atoms with Crippen LogP contribution in [0.5, 0.6) is 0 Å². The van der Waals surface area contributed by atoms with Crippen molar-refractivity contribution in [3.8, 4) is 0 Å². The minimum Gasteiger partial charge on any atom is -0.176 e. The molecule has 4 unspecified atom stereocenters. The largest absolute Gasteiger partial charge is 0.176 e. The molecule has 2 heteroatoms. The SMILES string of the molecule is CC12CC(S)CCC1CCCC2S. The van der Waals surface area contributed by atoms with Crippen LogP contribution in [0.3, 0.4) is 0 Å². The van der Waals surface area contributed by atoms with Crippen LogP contribution < -0.4 is 0 Å². The van der Waals surface area contributed by atoms with Crippen molar-refractivity contribution >= 4 is 25.3 Å². The Morgan fingerprint density at radius 3 is 2.62 bits per heavy atom. The molecule has 0 saturated heterocycles.